The van der Waals surface area contributed by atoms with Crippen LogP contribution >= 0.6 is 11.6 Å². The van der Waals surface area contributed by atoms with E-state index >= 15 is 0 Å². The van der Waals surface area contributed by atoms with E-state index in [0.29, 0.717) is 5.15 Å². The molecule has 1 aromatic heterocycles. The first-order valence-corrected chi connectivity index (χ1v) is 4.94. The zero-order valence-corrected chi connectivity index (χ0v) is 9.10. The monoisotopic (exact) mass is 198 g/mol. The summed E-state index contributed by atoms with van der Waals surface area (Å²) in [5, 5.41) is 0.563. The molecule has 0 unspecified atom stereocenters. The number of rotatable bonds is 3. The smallest absolute Gasteiger partial charge is 0.129 e. The molecule has 0 atom stereocenters. The van der Waals surface area contributed by atoms with Gasteiger partial charge in [0.05, 0.1) is 11.9 Å². The lowest BCUT2D eigenvalue weighted by Gasteiger charge is -2.22. The first kappa shape index (κ1) is 10.3. The summed E-state index contributed by atoms with van der Waals surface area (Å²) in [6.45, 7) is 8.33. The maximum absolute atomic E-state index is 5.78. The van der Waals surface area contributed by atoms with Gasteiger partial charge in [-0.15, -0.1) is 0 Å². The Hall–Kier alpha value is -0.760. The Kier molecular flexibility index (Phi) is 3.55. The Bertz CT molecular complexity index is 282. The molecule has 0 aromatic carbocycles. The van der Waals surface area contributed by atoms with Gasteiger partial charge in [-0.1, -0.05) is 11.6 Å². The molecule has 0 saturated carbocycles. The first-order valence-electron chi connectivity index (χ1n) is 4.56. The first-order chi connectivity index (χ1) is 6.19. The molecule has 0 spiro atoms. The van der Waals surface area contributed by atoms with E-state index in [4.69, 9.17) is 11.6 Å². The van der Waals surface area contributed by atoms with Crippen LogP contribution < -0.4 is 4.90 Å². The van der Waals surface area contributed by atoms with Crippen LogP contribution in [0.1, 0.15) is 19.4 Å². The maximum Gasteiger partial charge on any atom is 0.129 e. The SMILES string of the molecule is CCN(CC)c1cnc(Cl)cc1C. The molecule has 0 aliphatic carbocycles. The molecule has 13 heavy (non-hydrogen) atoms. The van der Waals surface area contributed by atoms with Crippen LogP contribution in [0.3, 0.4) is 0 Å². The van der Waals surface area contributed by atoms with Crippen LogP contribution in [-0.2, 0) is 0 Å². The minimum Gasteiger partial charge on any atom is -0.371 e. The van der Waals surface area contributed by atoms with Crippen molar-refractivity contribution < 1.29 is 0 Å². The molecule has 0 radical (unpaired) electrons. The Morgan fingerprint density at radius 3 is 2.46 bits per heavy atom. The fourth-order valence-electron chi connectivity index (χ4n) is 1.41. The van der Waals surface area contributed by atoms with E-state index in [1.165, 1.54) is 11.3 Å². The lowest BCUT2D eigenvalue weighted by molar-refractivity contribution is 0.857. The summed E-state index contributed by atoms with van der Waals surface area (Å²) in [7, 11) is 0. The second kappa shape index (κ2) is 4.47. The number of pyridine rings is 1. The summed E-state index contributed by atoms with van der Waals surface area (Å²) in [6, 6.07) is 1.90. The van der Waals surface area contributed by atoms with Gasteiger partial charge < -0.3 is 4.90 Å². The molecule has 0 aliphatic rings. The number of hydrogen-bond acceptors (Lipinski definition) is 2. The van der Waals surface area contributed by atoms with Crippen LogP contribution in [-0.4, -0.2) is 18.1 Å². The van der Waals surface area contributed by atoms with Crippen LogP contribution in [0.15, 0.2) is 12.3 Å². The highest BCUT2D eigenvalue weighted by Gasteiger charge is 2.05. The van der Waals surface area contributed by atoms with E-state index in [1.54, 1.807) is 0 Å². The minimum atomic E-state index is 0.563. The van der Waals surface area contributed by atoms with E-state index in [9.17, 15) is 0 Å². The van der Waals surface area contributed by atoms with Crippen molar-refractivity contribution in [3.63, 3.8) is 0 Å². The highest BCUT2D eigenvalue weighted by Crippen LogP contribution is 2.20. The summed E-state index contributed by atoms with van der Waals surface area (Å²) in [5.41, 5.74) is 2.36. The second-order valence-corrected chi connectivity index (χ2v) is 3.35. The van der Waals surface area contributed by atoms with Gasteiger partial charge >= 0.3 is 0 Å². The molecule has 0 amide bonds. The molecule has 0 aliphatic heterocycles. The van der Waals surface area contributed by atoms with Gasteiger partial charge in [0.25, 0.3) is 0 Å². The lowest BCUT2D eigenvalue weighted by Crippen LogP contribution is -2.22. The highest BCUT2D eigenvalue weighted by molar-refractivity contribution is 6.29. The zero-order chi connectivity index (χ0) is 9.84. The molecule has 2 nitrogen and oxygen atoms in total. The molecule has 72 valence electrons. The summed E-state index contributed by atoms with van der Waals surface area (Å²) < 4.78 is 0. The van der Waals surface area contributed by atoms with Gasteiger partial charge in [-0.3, -0.25) is 0 Å². The zero-order valence-electron chi connectivity index (χ0n) is 8.34. The number of hydrogen-bond donors (Lipinski definition) is 0. The van der Waals surface area contributed by atoms with Crippen molar-refractivity contribution >= 4 is 17.3 Å². The molecule has 0 saturated heterocycles. The fraction of sp³-hybridized carbons (Fsp3) is 0.500. The molecule has 1 aromatic rings. The Morgan fingerprint density at radius 2 is 2.00 bits per heavy atom. The van der Waals surface area contributed by atoms with Crippen LogP contribution in [0, 0.1) is 6.92 Å². The number of nitrogens with zero attached hydrogens (tertiary/aromatic N) is 2. The third-order valence-corrected chi connectivity index (χ3v) is 2.36. The Balaban J connectivity index is 2.99. The van der Waals surface area contributed by atoms with Crippen molar-refractivity contribution in [2.75, 3.05) is 18.0 Å². The van der Waals surface area contributed by atoms with E-state index < -0.39 is 0 Å². The van der Waals surface area contributed by atoms with E-state index in [1.807, 2.05) is 12.3 Å². The molecule has 1 rings (SSSR count). The standard InChI is InChI=1S/C10H15ClN2/c1-4-13(5-2)9-7-12-10(11)6-8(9)3/h6-7H,4-5H2,1-3H3. The van der Waals surface area contributed by atoms with E-state index in [0.717, 1.165) is 13.1 Å². The van der Waals surface area contributed by atoms with Crippen molar-refractivity contribution in [1.29, 1.82) is 0 Å². The quantitative estimate of drug-likeness (QED) is 0.695. The predicted molar refractivity (Wildman–Crippen MR) is 57.5 cm³/mol. The highest BCUT2D eigenvalue weighted by atomic mass is 35.5. The molecule has 1 heterocycles. The van der Waals surface area contributed by atoms with Crippen molar-refractivity contribution in [2.24, 2.45) is 0 Å². The molecule has 0 bridgehead atoms. The number of aryl methyl sites for hydroxylation is 1. The van der Waals surface area contributed by atoms with Gasteiger partial charge in [0.2, 0.25) is 0 Å². The summed E-state index contributed by atoms with van der Waals surface area (Å²) in [6.07, 6.45) is 1.84. The van der Waals surface area contributed by atoms with E-state index in [2.05, 4.69) is 30.7 Å². The van der Waals surface area contributed by atoms with Gasteiger partial charge in [0, 0.05) is 13.1 Å². The van der Waals surface area contributed by atoms with Gasteiger partial charge in [0.15, 0.2) is 0 Å². The topological polar surface area (TPSA) is 16.1 Å². The van der Waals surface area contributed by atoms with Crippen molar-refractivity contribution in [2.45, 2.75) is 20.8 Å². The third-order valence-electron chi connectivity index (χ3n) is 2.15. The van der Waals surface area contributed by atoms with E-state index in [-0.39, 0.29) is 0 Å². The maximum atomic E-state index is 5.78. The number of anilines is 1. The summed E-state index contributed by atoms with van der Waals surface area (Å²) in [4.78, 5) is 6.34. The van der Waals surface area contributed by atoms with Crippen LogP contribution in [0.25, 0.3) is 0 Å². The van der Waals surface area contributed by atoms with Gasteiger partial charge in [0.1, 0.15) is 5.15 Å². The normalized spacial score (nSPS) is 10.2. The fourth-order valence-corrected chi connectivity index (χ4v) is 1.62. The van der Waals surface area contributed by atoms with Crippen molar-refractivity contribution in [3.8, 4) is 0 Å². The molecule has 0 fully saturated rings. The number of halogens is 1. The molecular weight excluding hydrogens is 184 g/mol. The molecule has 3 heteroatoms. The third kappa shape index (κ3) is 2.34. The van der Waals surface area contributed by atoms with Crippen LogP contribution in [0.2, 0.25) is 5.15 Å². The van der Waals surface area contributed by atoms with Crippen LogP contribution in [0.5, 0.6) is 0 Å². The minimum absolute atomic E-state index is 0.563. The summed E-state index contributed by atoms with van der Waals surface area (Å²) in [5.74, 6) is 0. The average Bonchev–Trinajstić information content (AvgIpc) is 2.10. The largest absolute Gasteiger partial charge is 0.371 e. The average molecular weight is 199 g/mol. The Morgan fingerprint density at radius 1 is 1.38 bits per heavy atom. The van der Waals surface area contributed by atoms with Crippen molar-refractivity contribution in [1.82, 2.24) is 4.98 Å². The van der Waals surface area contributed by atoms with Gasteiger partial charge in [-0.2, -0.15) is 0 Å². The predicted octanol–water partition coefficient (Wildman–Crippen LogP) is 2.89. The van der Waals surface area contributed by atoms with Gasteiger partial charge in [-0.05, 0) is 32.4 Å². The van der Waals surface area contributed by atoms with Crippen molar-refractivity contribution in [3.05, 3.63) is 23.0 Å². The van der Waals surface area contributed by atoms with Crippen LogP contribution in [0.4, 0.5) is 5.69 Å². The summed E-state index contributed by atoms with van der Waals surface area (Å²) >= 11 is 5.78. The molecular formula is C10H15ClN2. The Labute approximate surface area is 84.5 Å². The van der Waals surface area contributed by atoms with Gasteiger partial charge in [-0.25, -0.2) is 4.98 Å². The lowest BCUT2D eigenvalue weighted by atomic mass is 10.2. The second-order valence-electron chi connectivity index (χ2n) is 2.97. The molecule has 0 N–H and O–H groups in total. The number of aromatic nitrogens is 1.